The van der Waals surface area contributed by atoms with Crippen molar-refractivity contribution in [2.24, 2.45) is 10.2 Å². The van der Waals surface area contributed by atoms with Crippen LogP contribution in [-0.4, -0.2) is 65.6 Å². The number of fused-ring (bicyclic) bond motifs is 1. The van der Waals surface area contributed by atoms with Crippen LogP contribution in [0.1, 0.15) is 34.4 Å². The summed E-state index contributed by atoms with van der Waals surface area (Å²) < 4.78 is 41.8. The molecule has 2 N–H and O–H groups in total. The zero-order valence-electron chi connectivity index (χ0n) is 21.3. The molecule has 0 atom stereocenters. The van der Waals surface area contributed by atoms with E-state index in [0.29, 0.717) is 58.6 Å². The van der Waals surface area contributed by atoms with Gasteiger partial charge in [-0.1, -0.05) is 35.1 Å². The molecule has 0 amide bonds. The lowest BCUT2D eigenvalue weighted by molar-refractivity contribution is -0.138. The highest BCUT2D eigenvalue weighted by atomic mass is 35.5. The minimum Gasteiger partial charge on any atom is -0.492 e. The number of alkyl halides is 3. The van der Waals surface area contributed by atoms with Gasteiger partial charge in [-0.3, -0.25) is 0 Å². The van der Waals surface area contributed by atoms with Crippen molar-refractivity contribution in [1.29, 1.82) is 0 Å². The summed E-state index contributed by atoms with van der Waals surface area (Å²) in [6, 6.07) is 9.03. The first kappa shape index (κ1) is 27.6. The monoisotopic (exact) mass is 577 g/mol. The molecule has 206 valence electrons. The van der Waals surface area contributed by atoms with Gasteiger partial charge in [-0.25, -0.2) is 0 Å². The number of piperidine rings is 1. The summed E-state index contributed by atoms with van der Waals surface area (Å²) in [7, 11) is 3.83. The first-order chi connectivity index (χ1) is 18.4. The molecule has 39 heavy (non-hydrogen) atoms. The van der Waals surface area contributed by atoms with E-state index in [1.807, 2.05) is 23.9 Å². The maximum absolute atomic E-state index is 13.9. The van der Waals surface area contributed by atoms with Gasteiger partial charge in [-0.15, -0.1) is 0 Å². The first-order valence-electron chi connectivity index (χ1n) is 12.3. The highest BCUT2D eigenvalue weighted by Crippen LogP contribution is 2.40. The van der Waals surface area contributed by atoms with Crippen LogP contribution in [0.15, 0.2) is 46.6 Å². The SMILES string of the molecule is CN(C)CC1(O)CCN(c2nc(O)c(C(Cc3ccc(Cl)cc3C(F)(F)F)=c3ccc4c(c3)C=NN=4)s2)CC1. The number of hydrogen-bond acceptors (Lipinski definition) is 8. The average molecular weight is 578 g/mol. The smallest absolute Gasteiger partial charge is 0.416 e. The van der Waals surface area contributed by atoms with Crippen LogP contribution in [0.2, 0.25) is 5.02 Å². The summed E-state index contributed by atoms with van der Waals surface area (Å²) in [4.78, 5) is 8.71. The van der Waals surface area contributed by atoms with Gasteiger partial charge in [-0.2, -0.15) is 28.4 Å². The van der Waals surface area contributed by atoms with Crippen molar-refractivity contribution in [3.63, 3.8) is 0 Å². The van der Waals surface area contributed by atoms with Crippen molar-refractivity contribution >= 4 is 39.9 Å². The summed E-state index contributed by atoms with van der Waals surface area (Å²) >= 11 is 7.14. The molecule has 12 heteroatoms. The van der Waals surface area contributed by atoms with E-state index in [-0.39, 0.29) is 22.9 Å². The van der Waals surface area contributed by atoms with Crippen LogP contribution in [0.5, 0.6) is 5.88 Å². The quantitative estimate of drug-likeness (QED) is 0.465. The molecule has 2 aliphatic heterocycles. The Kier molecular flexibility index (Phi) is 7.45. The molecule has 1 aromatic heterocycles. The molecule has 0 radical (unpaired) electrons. The summed E-state index contributed by atoms with van der Waals surface area (Å²) in [6.45, 7) is 1.63. The van der Waals surface area contributed by atoms with Crippen LogP contribution in [0.3, 0.4) is 0 Å². The molecule has 0 saturated carbocycles. The van der Waals surface area contributed by atoms with Crippen LogP contribution in [0, 0.1) is 0 Å². The number of aliphatic hydroxyl groups is 1. The minimum atomic E-state index is -4.60. The van der Waals surface area contributed by atoms with Crippen molar-refractivity contribution in [3.8, 4) is 5.88 Å². The Morgan fingerprint density at radius 2 is 1.90 bits per heavy atom. The van der Waals surface area contributed by atoms with Gasteiger partial charge in [0.15, 0.2) is 5.13 Å². The molecule has 1 saturated heterocycles. The largest absolute Gasteiger partial charge is 0.492 e. The van der Waals surface area contributed by atoms with Gasteiger partial charge >= 0.3 is 6.18 Å². The Balaban J connectivity index is 1.56. The predicted molar refractivity (Wildman–Crippen MR) is 146 cm³/mol. The fourth-order valence-corrected chi connectivity index (χ4v) is 6.30. The second-order valence-corrected chi connectivity index (χ2v) is 11.6. The van der Waals surface area contributed by atoms with Crippen molar-refractivity contribution in [3.05, 3.63) is 73.6 Å². The van der Waals surface area contributed by atoms with Gasteiger partial charge in [0.2, 0.25) is 5.88 Å². The Hall–Kier alpha value is -2.99. The van der Waals surface area contributed by atoms with Crippen molar-refractivity contribution < 1.29 is 23.4 Å². The molecule has 2 aromatic carbocycles. The number of hydrogen-bond donors (Lipinski definition) is 2. The second-order valence-electron chi connectivity index (χ2n) is 10.2. The Bertz CT molecular complexity index is 1550. The fraction of sp³-hybridized carbons (Fsp3) is 0.370. The number of aromatic hydroxyl groups is 1. The van der Waals surface area contributed by atoms with Crippen molar-refractivity contribution in [1.82, 2.24) is 9.88 Å². The summed E-state index contributed by atoms with van der Waals surface area (Å²) in [5.41, 5.74) is -0.377. The van der Waals surface area contributed by atoms with Crippen molar-refractivity contribution in [2.75, 3.05) is 38.6 Å². The van der Waals surface area contributed by atoms with E-state index < -0.39 is 17.3 Å². The molecule has 0 unspecified atom stereocenters. The summed E-state index contributed by atoms with van der Waals surface area (Å²) in [5.74, 6) is -0.250. The van der Waals surface area contributed by atoms with Gasteiger partial charge in [0.05, 0.1) is 27.6 Å². The van der Waals surface area contributed by atoms with Gasteiger partial charge in [0.25, 0.3) is 0 Å². The summed E-state index contributed by atoms with van der Waals surface area (Å²) in [6.07, 6.45) is -2.07. The molecule has 2 aliphatic rings. The normalized spacial score (nSPS) is 17.4. The van der Waals surface area contributed by atoms with E-state index >= 15 is 0 Å². The molecule has 0 aliphatic carbocycles. The molecular formula is C27H27ClF3N5O2S. The van der Waals surface area contributed by atoms with E-state index in [2.05, 4.69) is 15.2 Å². The number of aromatic nitrogens is 1. The number of anilines is 1. The van der Waals surface area contributed by atoms with Crippen LogP contribution < -0.4 is 15.5 Å². The molecule has 7 nitrogen and oxygen atoms in total. The van der Waals surface area contributed by atoms with E-state index in [1.165, 1.54) is 23.5 Å². The Labute approximate surface area is 232 Å². The van der Waals surface area contributed by atoms with Crippen LogP contribution >= 0.6 is 22.9 Å². The van der Waals surface area contributed by atoms with Gasteiger partial charge in [-0.05, 0) is 67.6 Å². The Morgan fingerprint density at radius 3 is 2.59 bits per heavy atom. The highest BCUT2D eigenvalue weighted by molar-refractivity contribution is 7.17. The molecule has 3 aromatic rings. The van der Waals surface area contributed by atoms with E-state index in [1.54, 1.807) is 24.4 Å². The third-order valence-corrected chi connectivity index (χ3v) is 8.33. The lowest BCUT2D eigenvalue weighted by atomic mass is 9.91. The topological polar surface area (TPSA) is 84.5 Å². The number of halogens is 4. The molecule has 0 bridgehead atoms. The standard InChI is InChI=1S/C27H27ClF3N5O2S/c1-35(2)15-26(38)7-9-36(10-8-26)25-33-24(37)23(39-25)20(16-4-6-22-18(11-16)14-32-34-22)12-17-3-5-19(28)13-21(17)27(29,30)31/h3-6,11,13-14,37-38H,7-10,12,15H2,1-2H3. The number of benzene rings is 2. The average Bonchev–Trinajstić information content (AvgIpc) is 3.48. The first-order valence-corrected chi connectivity index (χ1v) is 13.5. The molecule has 5 rings (SSSR count). The van der Waals surface area contributed by atoms with Crippen LogP contribution in [0.25, 0.3) is 5.57 Å². The molecule has 1 fully saturated rings. The zero-order chi connectivity index (χ0) is 27.9. The number of rotatable bonds is 6. The highest BCUT2D eigenvalue weighted by Gasteiger charge is 2.35. The molecular weight excluding hydrogens is 551 g/mol. The maximum atomic E-state index is 13.9. The fourth-order valence-electron chi connectivity index (χ4n) is 5.05. The lowest BCUT2D eigenvalue weighted by Gasteiger charge is -2.39. The third kappa shape index (κ3) is 5.96. The van der Waals surface area contributed by atoms with Gasteiger partial charge < -0.3 is 20.0 Å². The second kappa shape index (κ2) is 10.5. The third-order valence-electron chi connectivity index (χ3n) is 6.93. The van der Waals surface area contributed by atoms with E-state index in [4.69, 9.17) is 11.6 Å². The Morgan fingerprint density at radius 1 is 1.15 bits per heavy atom. The number of thiazole rings is 1. The lowest BCUT2D eigenvalue weighted by Crippen LogP contribution is -2.49. The number of nitrogens with zero attached hydrogens (tertiary/aromatic N) is 5. The molecule has 0 spiro atoms. The van der Waals surface area contributed by atoms with E-state index in [9.17, 15) is 23.4 Å². The zero-order valence-corrected chi connectivity index (χ0v) is 22.9. The van der Waals surface area contributed by atoms with E-state index in [0.717, 1.165) is 11.6 Å². The number of likely N-dealkylation sites (N-methyl/N-ethyl adjacent to an activating group) is 1. The molecule has 3 heterocycles. The minimum absolute atomic E-state index is 0.00905. The summed E-state index contributed by atoms with van der Waals surface area (Å²) in [5, 5.41) is 31.6. The maximum Gasteiger partial charge on any atom is 0.416 e. The van der Waals surface area contributed by atoms with Crippen LogP contribution in [0.4, 0.5) is 18.3 Å². The van der Waals surface area contributed by atoms with Crippen molar-refractivity contribution in [2.45, 2.75) is 31.0 Å². The van der Waals surface area contributed by atoms with Gasteiger partial charge in [0, 0.05) is 36.6 Å². The van der Waals surface area contributed by atoms with Gasteiger partial charge in [0.1, 0.15) is 0 Å². The van der Waals surface area contributed by atoms with Crippen LogP contribution in [-0.2, 0) is 12.6 Å². The predicted octanol–water partition coefficient (Wildman–Crippen LogP) is 3.82.